The molecule has 1 aliphatic carbocycles. The van der Waals surface area contributed by atoms with Crippen LogP contribution in [0.3, 0.4) is 0 Å². The molecule has 0 radical (unpaired) electrons. The van der Waals surface area contributed by atoms with Crippen molar-refractivity contribution >= 4 is 27.4 Å². The van der Waals surface area contributed by atoms with Crippen molar-refractivity contribution in [2.75, 3.05) is 18.0 Å². The number of nitrogens with one attached hydrogen (secondary N) is 1. The van der Waals surface area contributed by atoms with Crippen molar-refractivity contribution in [2.24, 2.45) is 7.05 Å². The van der Waals surface area contributed by atoms with Crippen LogP contribution in [0.4, 0.5) is 19.0 Å². The van der Waals surface area contributed by atoms with Crippen LogP contribution < -0.4 is 10.2 Å². The molecule has 1 aliphatic heterocycles. The fraction of sp³-hybridized carbons (Fsp3) is 0.591. The minimum atomic E-state index is -4.22. The van der Waals surface area contributed by atoms with Gasteiger partial charge in [-0.3, -0.25) is 4.68 Å². The predicted octanol–water partition coefficient (Wildman–Crippen LogP) is 4.56. The molecule has 3 aromatic rings. The Kier molecular flexibility index (Phi) is 5.83. The van der Waals surface area contributed by atoms with Gasteiger partial charge in [0.2, 0.25) is 0 Å². The third-order valence-electron chi connectivity index (χ3n) is 6.42. The Morgan fingerprint density at radius 2 is 2.03 bits per heavy atom. The maximum atomic E-state index is 12.9. The first-order valence-corrected chi connectivity index (χ1v) is 12.0. The lowest BCUT2D eigenvalue weighted by Gasteiger charge is -2.28. The van der Waals surface area contributed by atoms with Gasteiger partial charge < -0.3 is 10.2 Å². The van der Waals surface area contributed by atoms with E-state index in [0.29, 0.717) is 16.9 Å². The molecule has 0 bridgehead atoms. The van der Waals surface area contributed by atoms with Crippen molar-refractivity contribution in [2.45, 2.75) is 63.2 Å². The SMILES string of the molecule is Cn1cc2c(n1)CCCC2N[C@H]1CCCN(c2ncnc3sc(CC(F)(F)F)cc23)CC1. The maximum Gasteiger partial charge on any atom is 0.393 e. The number of rotatable bonds is 4. The van der Waals surface area contributed by atoms with Crippen LogP contribution in [0.25, 0.3) is 10.2 Å². The van der Waals surface area contributed by atoms with Crippen molar-refractivity contribution in [3.8, 4) is 0 Å². The summed E-state index contributed by atoms with van der Waals surface area (Å²) in [6, 6.07) is 2.36. The van der Waals surface area contributed by atoms with E-state index in [0.717, 1.165) is 74.2 Å². The minimum absolute atomic E-state index is 0.285. The largest absolute Gasteiger partial charge is 0.393 e. The Labute approximate surface area is 188 Å². The van der Waals surface area contributed by atoms with Crippen LogP contribution in [-0.4, -0.2) is 45.1 Å². The number of alkyl halides is 3. The zero-order chi connectivity index (χ0) is 22.3. The Bertz CT molecular complexity index is 1090. The first kappa shape index (κ1) is 21.6. The first-order valence-electron chi connectivity index (χ1n) is 11.2. The van der Waals surface area contributed by atoms with Gasteiger partial charge in [0.15, 0.2) is 0 Å². The summed E-state index contributed by atoms with van der Waals surface area (Å²) in [4.78, 5) is 11.8. The number of aromatic nitrogens is 4. The molecule has 1 saturated heterocycles. The fourth-order valence-corrected chi connectivity index (χ4v) is 6.05. The second kappa shape index (κ2) is 8.62. The Balaban J connectivity index is 1.29. The molecule has 10 heteroatoms. The highest BCUT2D eigenvalue weighted by Crippen LogP contribution is 2.35. The molecule has 2 aliphatic rings. The van der Waals surface area contributed by atoms with Crippen LogP contribution in [0.1, 0.15) is 54.3 Å². The van der Waals surface area contributed by atoms with E-state index in [-0.39, 0.29) is 4.88 Å². The molecule has 0 saturated carbocycles. The number of fused-ring (bicyclic) bond motifs is 2. The highest BCUT2D eigenvalue weighted by atomic mass is 32.1. The Hall–Kier alpha value is -2.20. The second-order valence-corrected chi connectivity index (χ2v) is 9.97. The molecule has 4 heterocycles. The van der Waals surface area contributed by atoms with Crippen LogP contribution in [0.5, 0.6) is 0 Å². The summed E-state index contributed by atoms with van der Waals surface area (Å²) in [5.41, 5.74) is 2.54. The van der Waals surface area contributed by atoms with E-state index in [1.165, 1.54) is 17.6 Å². The lowest BCUT2D eigenvalue weighted by molar-refractivity contribution is -0.126. The lowest BCUT2D eigenvalue weighted by Crippen LogP contribution is -2.35. The fourth-order valence-electron chi connectivity index (χ4n) is 5.03. The van der Waals surface area contributed by atoms with E-state index in [2.05, 4.69) is 31.5 Å². The monoisotopic (exact) mass is 464 g/mol. The number of aryl methyl sites for hydroxylation is 2. The van der Waals surface area contributed by atoms with E-state index < -0.39 is 12.6 Å². The Morgan fingerprint density at radius 1 is 1.16 bits per heavy atom. The third-order valence-corrected chi connectivity index (χ3v) is 7.46. The van der Waals surface area contributed by atoms with Gasteiger partial charge >= 0.3 is 6.18 Å². The van der Waals surface area contributed by atoms with E-state index in [1.807, 2.05) is 11.7 Å². The van der Waals surface area contributed by atoms with Gasteiger partial charge in [-0.1, -0.05) is 0 Å². The normalized spacial score (nSPS) is 22.2. The molecule has 1 fully saturated rings. The van der Waals surface area contributed by atoms with Crippen LogP contribution in [0.15, 0.2) is 18.6 Å². The van der Waals surface area contributed by atoms with E-state index in [4.69, 9.17) is 0 Å². The average molecular weight is 465 g/mol. The zero-order valence-corrected chi connectivity index (χ0v) is 18.8. The molecule has 1 unspecified atom stereocenters. The van der Waals surface area contributed by atoms with Crippen molar-refractivity contribution in [3.63, 3.8) is 0 Å². The Morgan fingerprint density at radius 3 is 2.88 bits per heavy atom. The number of thiophene rings is 1. The van der Waals surface area contributed by atoms with Crippen molar-refractivity contribution in [3.05, 3.63) is 34.7 Å². The molecule has 3 aromatic heterocycles. The van der Waals surface area contributed by atoms with Gasteiger partial charge in [-0.05, 0) is 44.6 Å². The van der Waals surface area contributed by atoms with Gasteiger partial charge in [-0.25, -0.2) is 9.97 Å². The lowest BCUT2D eigenvalue weighted by atomic mass is 9.92. The summed E-state index contributed by atoms with van der Waals surface area (Å²) in [5, 5.41) is 9.21. The van der Waals surface area contributed by atoms with Crippen LogP contribution >= 0.6 is 11.3 Å². The van der Waals surface area contributed by atoms with Gasteiger partial charge in [0.05, 0.1) is 17.5 Å². The van der Waals surface area contributed by atoms with Crippen LogP contribution in [0.2, 0.25) is 0 Å². The molecule has 32 heavy (non-hydrogen) atoms. The molecule has 172 valence electrons. The van der Waals surface area contributed by atoms with Gasteiger partial charge in [-0.15, -0.1) is 11.3 Å². The molecule has 2 atom stereocenters. The number of hydrogen-bond donors (Lipinski definition) is 1. The summed E-state index contributed by atoms with van der Waals surface area (Å²) in [5.74, 6) is 0.757. The standard InChI is InChI=1S/C22H27F3N6S/c1-30-12-17-18(5-2-6-19(17)29-30)28-14-4-3-8-31(9-7-14)20-16-10-15(11-22(23,24)25)32-21(16)27-13-26-20/h10,12-14,18,28H,2-9,11H2,1H3/t14-,18?/m0/s1. The van der Waals surface area contributed by atoms with Crippen LogP contribution in [0, 0.1) is 0 Å². The molecule has 0 aromatic carbocycles. The van der Waals surface area contributed by atoms with Crippen molar-refractivity contribution < 1.29 is 13.2 Å². The topological polar surface area (TPSA) is 58.9 Å². The predicted molar refractivity (Wildman–Crippen MR) is 119 cm³/mol. The highest BCUT2D eigenvalue weighted by Gasteiger charge is 2.30. The first-order chi connectivity index (χ1) is 15.4. The summed E-state index contributed by atoms with van der Waals surface area (Å²) in [6.07, 6.45) is 4.85. The molecule has 1 N–H and O–H groups in total. The number of halogens is 3. The molecule has 0 spiro atoms. The minimum Gasteiger partial charge on any atom is -0.356 e. The van der Waals surface area contributed by atoms with E-state index >= 15 is 0 Å². The number of anilines is 1. The molecule has 5 rings (SSSR count). The van der Waals surface area contributed by atoms with Crippen molar-refractivity contribution in [1.82, 2.24) is 25.1 Å². The summed E-state index contributed by atoms with van der Waals surface area (Å²) < 4.78 is 40.5. The third kappa shape index (κ3) is 4.61. The number of hydrogen-bond acceptors (Lipinski definition) is 6. The van der Waals surface area contributed by atoms with E-state index in [1.54, 1.807) is 6.07 Å². The molecular weight excluding hydrogens is 437 g/mol. The second-order valence-electron chi connectivity index (χ2n) is 8.85. The smallest absolute Gasteiger partial charge is 0.356 e. The van der Waals surface area contributed by atoms with Crippen LogP contribution in [-0.2, 0) is 19.9 Å². The maximum absolute atomic E-state index is 12.9. The highest BCUT2D eigenvalue weighted by molar-refractivity contribution is 7.18. The van der Waals surface area contributed by atoms with Gasteiger partial charge in [-0.2, -0.15) is 18.3 Å². The molecule has 6 nitrogen and oxygen atoms in total. The zero-order valence-electron chi connectivity index (χ0n) is 18.0. The number of nitrogens with zero attached hydrogens (tertiary/aromatic N) is 5. The van der Waals surface area contributed by atoms with Gasteiger partial charge in [0.25, 0.3) is 0 Å². The van der Waals surface area contributed by atoms with Gasteiger partial charge in [0.1, 0.15) is 17.0 Å². The van der Waals surface area contributed by atoms with Gasteiger partial charge in [0, 0.05) is 48.9 Å². The molecular formula is C22H27F3N6S. The molecule has 0 amide bonds. The van der Waals surface area contributed by atoms with Crippen molar-refractivity contribution in [1.29, 1.82) is 0 Å². The van der Waals surface area contributed by atoms with E-state index in [9.17, 15) is 13.2 Å². The summed E-state index contributed by atoms with van der Waals surface area (Å²) in [6.45, 7) is 1.67. The quantitative estimate of drug-likeness (QED) is 0.614. The summed E-state index contributed by atoms with van der Waals surface area (Å²) in [7, 11) is 1.98. The summed E-state index contributed by atoms with van der Waals surface area (Å²) >= 11 is 1.11. The average Bonchev–Trinajstić information content (AvgIpc) is 3.22.